The Morgan fingerprint density at radius 1 is 1.47 bits per heavy atom. The third-order valence-corrected chi connectivity index (χ3v) is 2.23. The number of carbonyl (C=O) groups excluding carboxylic acids is 2. The van der Waals surface area contributed by atoms with E-state index in [9.17, 15) is 9.59 Å². The second kappa shape index (κ2) is 4.68. The molecule has 0 spiro atoms. The van der Waals surface area contributed by atoms with Gasteiger partial charge in [0, 0.05) is 18.0 Å². The normalized spacial score (nSPS) is 11.9. The molecule has 80 valence electrons. The van der Waals surface area contributed by atoms with Crippen LogP contribution in [-0.2, 0) is 9.53 Å². The average Bonchev–Trinajstić information content (AvgIpc) is 2.26. The van der Waals surface area contributed by atoms with E-state index in [1.807, 2.05) is 0 Å². The Labute approximate surface area is 88.3 Å². The van der Waals surface area contributed by atoms with Crippen LogP contribution in [0.1, 0.15) is 22.8 Å². The minimum atomic E-state index is -0.768. The Morgan fingerprint density at radius 2 is 2.13 bits per heavy atom. The molecular formula is C11H13NO3. The summed E-state index contributed by atoms with van der Waals surface area (Å²) in [7, 11) is 1.27. The Balaban J connectivity index is 2.95. The molecule has 0 saturated heterocycles. The second-order valence-electron chi connectivity index (χ2n) is 3.30. The molecule has 4 heteroatoms. The number of esters is 1. The lowest BCUT2D eigenvalue weighted by atomic mass is 9.97. The van der Waals surface area contributed by atoms with E-state index in [4.69, 9.17) is 0 Å². The molecule has 1 heterocycles. The molecule has 0 aromatic carbocycles. The monoisotopic (exact) mass is 207 g/mol. The first-order chi connectivity index (χ1) is 7.07. The second-order valence-corrected chi connectivity index (χ2v) is 3.30. The number of rotatable bonds is 3. The number of aryl methyl sites for hydroxylation is 1. The van der Waals surface area contributed by atoms with Gasteiger partial charge in [-0.15, -0.1) is 0 Å². The fourth-order valence-electron chi connectivity index (χ4n) is 1.27. The van der Waals surface area contributed by atoms with Crippen LogP contribution in [-0.4, -0.2) is 23.8 Å². The highest BCUT2D eigenvalue weighted by atomic mass is 16.5. The maximum atomic E-state index is 11.8. The summed E-state index contributed by atoms with van der Waals surface area (Å²) in [6.07, 6.45) is 3.13. The van der Waals surface area contributed by atoms with E-state index in [1.165, 1.54) is 20.2 Å². The van der Waals surface area contributed by atoms with Crippen molar-refractivity contribution in [2.24, 2.45) is 5.92 Å². The molecule has 1 aromatic rings. The zero-order valence-electron chi connectivity index (χ0n) is 8.98. The maximum absolute atomic E-state index is 11.8. The number of aromatic nitrogens is 1. The molecule has 1 unspecified atom stereocenters. The molecule has 0 aliphatic heterocycles. The van der Waals surface area contributed by atoms with Crippen molar-refractivity contribution in [1.29, 1.82) is 0 Å². The minimum Gasteiger partial charge on any atom is -0.468 e. The summed E-state index contributed by atoms with van der Waals surface area (Å²) >= 11 is 0. The highest BCUT2D eigenvalue weighted by molar-refractivity contribution is 6.08. The summed E-state index contributed by atoms with van der Waals surface area (Å²) in [5, 5.41) is 0. The number of carbonyl (C=O) groups is 2. The van der Waals surface area contributed by atoms with Crippen molar-refractivity contribution in [3.8, 4) is 0 Å². The van der Waals surface area contributed by atoms with Crippen molar-refractivity contribution >= 4 is 11.8 Å². The van der Waals surface area contributed by atoms with Crippen LogP contribution in [0.4, 0.5) is 0 Å². The first kappa shape index (κ1) is 11.4. The standard InChI is InChI=1S/C11H13NO3/c1-7-6-12-5-4-9(7)10(13)8(2)11(14)15-3/h4-6,8H,1-3H3. The van der Waals surface area contributed by atoms with Gasteiger partial charge in [0.25, 0.3) is 0 Å². The van der Waals surface area contributed by atoms with Crippen molar-refractivity contribution in [2.75, 3.05) is 7.11 Å². The van der Waals surface area contributed by atoms with Gasteiger partial charge in [0.1, 0.15) is 5.92 Å². The predicted octanol–water partition coefficient (Wildman–Crippen LogP) is 1.38. The molecule has 0 fully saturated rings. The summed E-state index contributed by atoms with van der Waals surface area (Å²) in [4.78, 5) is 26.9. The summed E-state index contributed by atoms with van der Waals surface area (Å²) < 4.78 is 4.52. The van der Waals surface area contributed by atoms with Gasteiger partial charge < -0.3 is 4.74 Å². The van der Waals surface area contributed by atoms with Gasteiger partial charge in [-0.05, 0) is 25.5 Å². The fraction of sp³-hybridized carbons (Fsp3) is 0.364. The zero-order chi connectivity index (χ0) is 11.4. The van der Waals surface area contributed by atoms with Gasteiger partial charge in [-0.1, -0.05) is 0 Å². The quantitative estimate of drug-likeness (QED) is 0.427. The van der Waals surface area contributed by atoms with Crippen LogP contribution < -0.4 is 0 Å². The number of methoxy groups -OCH3 is 1. The predicted molar refractivity (Wildman–Crippen MR) is 54.5 cm³/mol. The van der Waals surface area contributed by atoms with Crippen LogP contribution in [0, 0.1) is 12.8 Å². The third kappa shape index (κ3) is 2.40. The van der Waals surface area contributed by atoms with E-state index < -0.39 is 11.9 Å². The van der Waals surface area contributed by atoms with Crippen molar-refractivity contribution in [3.05, 3.63) is 29.6 Å². The number of hydrogen-bond donors (Lipinski definition) is 0. The molecule has 0 radical (unpaired) electrons. The molecule has 0 amide bonds. The Hall–Kier alpha value is -1.71. The molecule has 0 saturated carbocycles. The highest BCUT2D eigenvalue weighted by Gasteiger charge is 2.24. The molecule has 0 aliphatic carbocycles. The fourth-order valence-corrected chi connectivity index (χ4v) is 1.27. The number of hydrogen-bond acceptors (Lipinski definition) is 4. The van der Waals surface area contributed by atoms with Gasteiger partial charge in [0.15, 0.2) is 5.78 Å². The van der Waals surface area contributed by atoms with E-state index in [-0.39, 0.29) is 5.78 Å². The van der Waals surface area contributed by atoms with Gasteiger partial charge in [-0.3, -0.25) is 14.6 Å². The molecule has 1 atom stereocenters. The van der Waals surface area contributed by atoms with Crippen molar-refractivity contribution in [1.82, 2.24) is 4.98 Å². The lowest BCUT2D eigenvalue weighted by Crippen LogP contribution is -2.23. The number of pyridine rings is 1. The van der Waals surface area contributed by atoms with Gasteiger partial charge in [-0.25, -0.2) is 0 Å². The van der Waals surface area contributed by atoms with Crippen LogP contribution in [0.15, 0.2) is 18.5 Å². The lowest BCUT2D eigenvalue weighted by Gasteiger charge is -2.09. The van der Waals surface area contributed by atoms with Gasteiger partial charge in [0.2, 0.25) is 0 Å². The average molecular weight is 207 g/mol. The smallest absolute Gasteiger partial charge is 0.316 e. The molecule has 1 aromatic heterocycles. The largest absolute Gasteiger partial charge is 0.468 e. The van der Waals surface area contributed by atoms with Gasteiger partial charge in [-0.2, -0.15) is 0 Å². The Kier molecular flexibility index (Phi) is 3.55. The topological polar surface area (TPSA) is 56.3 Å². The summed E-state index contributed by atoms with van der Waals surface area (Å²) in [6.45, 7) is 3.32. The summed E-state index contributed by atoms with van der Waals surface area (Å²) in [5.41, 5.74) is 1.28. The van der Waals surface area contributed by atoms with E-state index in [1.54, 1.807) is 19.2 Å². The minimum absolute atomic E-state index is 0.234. The first-order valence-corrected chi connectivity index (χ1v) is 4.60. The Morgan fingerprint density at radius 3 is 2.67 bits per heavy atom. The summed E-state index contributed by atoms with van der Waals surface area (Å²) in [5.74, 6) is -1.52. The first-order valence-electron chi connectivity index (χ1n) is 4.60. The number of Topliss-reactive ketones (excluding diaryl/α,β-unsaturated/α-hetero) is 1. The molecule has 0 N–H and O–H groups in total. The SMILES string of the molecule is COC(=O)C(C)C(=O)c1ccncc1C. The van der Waals surface area contributed by atoms with E-state index in [0.29, 0.717) is 5.56 Å². The third-order valence-electron chi connectivity index (χ3n) is 2.23. The number of ether oxygens (including phenoxy) is 1. The maximum Gasteiger partial charge on any atom is 0.316 e. The van der Waals surface area contributed by atoms with Crippen LogP contribution in [0.5, 0.6) is 0 Å². The van der Waals surface area contributed by atoms with Crippen LogP contribution in [0.2, 0.25) is 0 Å². The molecule has 4 nitrogen and oxygen atoms in total. The van der Waals surface area contributed by atoms with E-state index in [0.717, 1.165) is 5.56 Å². The van der Waals surface area contributed by atoms with Crippen molar-refractivity contribution in [3.63, 3.8) is 0 Å². The van der Waals surface area contributed by atoms with E-state index in [2.05, 4.69) is 9.72 Å². The zero-order valence-corrected chi connectivity index (χ0v) is 8.98. The highest BCUT2D eigenvalue weighted by Crippen LogP contribution is 2.13. The van der Waals surface area contributed by atoms with Gasteiger partial charge in [0.05, 0.1) is 7.11 Å². The molecule has 0 bridgehead atoms. The molecule has 1 rings (SSSR count). The van der Waals surface area contributed by atoms with Gasteiger partial charge >= 0.3 is 5.97 Å². The lowest BCUT2D eigenvalue weighted by molar-refractivity contribution is -0.143. The number of ketones is 1. The van der Waals surface area contributed by atoms with Crippen LogP contribution in [0.3, 0.4) is 0 Å². The van der Waals surface area contributed by atoms with Crippen LogP contribution >= 0.6 is 0 Å². The van der Waals surface area contributed by atoms with E-state index >= 15 is 0 Å². The summed E-state index contributed by atoms with van der Waals surface area (Å²) in [6, 6.07) is 1.61. The molecular weight excluding hydrogens is 194 g/mol. The Bertz CT molecular complexity index is 387. The number of nitrogens with zero attached hydrogens (tertiary/aromatic N) is 1. The van der Waals surface area contributed by atoms with Crippen molar-refractivity contribution in [2.45, 2.75) is 13.8 Å². The molecule has 15 heavy (non-hydrogen) atoms. The van der Waals surface area contributed by atoms with Crippen LogP contribution in [0.25, 0.3) is 0 Å². The van der Waals surface area contributed by atoms with Crippen molar-refractivity contribution < 1.29 is 14.3 Å². The molecule has 0 aliphatic rings.